The molecular weight excluding hydrogens is 256 g/mol. The topological polar surface area (TPSA) is 58.6 Å². The first kappa shape index (κ1) is 17.0. The van der Waals surface area contributed by atoms with Crippen molar-refractivity contribution in [3.05, 3.63) is 0 Å². The summed E-state index contributed by atoms with van der Waals surface area (Å²) in [4.78, 5) is 26.0. The highest BCUT2D eigenvalue weighted by molar-refractivity contribution is 5.89. The lowest BCUT2D eigenvalue weighted by atomic mass is 10.0. The van der Waals surface area contributed by atoms with Crippen molar-refractivity contribution in [2.45, 2.75) is 52.0 Å². The summed E-state index contributed by atoms with van der Waals surface area (Å²) in [5.74, 6) is 0.466. The summed E-state index contributed by atoms with van der Waals surface area (Å²) >= 11 is 0. The summed E-state index contributed by atoms with van der Waals surface area (Å²) in [6.07, 6.45) is 4.17. The summed E-state index contributed by atoms with van der Waals surface area (Å²) < 4.78 is 5.01. The molecule has 1 N–H and O–H groups in total. The van der Waals surface area contributed by atoms with Crippen molar-refractivity contribution in [1.29, 1.82) is 0 Å². The molecule has 0 aromatic carbocycles. The number of amides is 2. The van der Waals surface area contributed by atoms with Gasteiger partial charge in [0.2, 0.25) is 11.8 Å². The Morgan fingerprint density at radius 1 is 1.30 bits per heavy atom. The van der Waals surface area contributed by atoms with Crippen LogP contribution in [-0.2, 0) is 14.3 Å². The van der Waals surface area contributed by atoms with E-state index in [2.05, 4.69) is 19.2 Å². The first-order valence-electron chi connectivity index (χ1n) is 7.61. The zero-order valence-electron chi connectivity index (χ0n) is 13.0. The standard InChI is InChI=1S/C15H28N2O3/c1-12(2)11-13-15(19)17(9-7-14(18)16-13)8-5-4-6-10-20-3/h12-13H,4-11H2,1-3H3,(H,16,18). The van der Waals surface area contributed by atoms with Crippen LogP contribution in [0, 0.1) is 5.92 Å². The summed E-state index contributed by atoms with van der Waals surface area (Å²) in [6.45, 7) is 6.19. The number of hydrogen-bond donors (Lipinski definition) is 1. The monoisotopic (exact) mass is 284 g/mol. The molecule has 0 radical (unpaired) electrons. The van der Waals surface area contributed by atoms with Gasteiger partial charge in [-0.15, -0.1) is 0 Å². The van der Waals surface area contributed by atoms with Crippen molar-refractivity contribution in [3.63, 3.8) is 0 Å². The fourth-order valence-corrected chi connectivity index (χ4v) is 2.47. The van der Waals surface area contributed by atoms with E-state index in [0.29, 0.717) is 25.3 Å². The van der Waals surface area contributed by atoms with E-state index in [-0.39, 0.29) is 17.9 Å². The van der Waals surface area contributed by atoms with E-state index in [0.717, 1.165) is 32.4 Å². The van der Waals surface area contributed by atoms with Crippen LogP contribution in [0.15, 0.2) is 0 Å². The maximum Gasteiger partial charge on any atom is 0.245 e. The minimum atomic E-state index is -0.344. The van der Waals surface area contributed by atoms with Crippen LogP contribution in [-0.4, -0.2) is 49.6 Å². The van der Waals surface area contributed by atoms with Crippen LogP contribution < -0.4 is 5.32 Å². The van der Waals surface area contributed by atoms with Crippen LogP contribution in [0.5, 0.6) is 0 Å². The van der Waals surface area contributed by atoms with Crippen molar-refractivity contribution in [2.75, 3.05) is 26.8 Å². The zero-order valence-corrected chi connectivity index (χ0v) is 13.0. The molecule has 0 aromatic heterocycles. The molecule has 1 saturated heterocycles. The quantitative estimate of drug-likeness (QED) is 0.688. The first-order chi connectivity index (χ1) is 9.54. The molecule has 5 heteroatoms. The predicted octanol–water partition coefficient (Wildman–Crippen LogP) is 1.57. The van der Waals surface area contributed by atoms with Crippen molar-refractivity contribution in [3.8, 4) is 0 Å². The molecule has 1 rings (SSSR count). The Morgan fingerprint density at radius 3 is 2.70 bits per heavy atom. The number of ether oxygens (including phenoxy) is 1. The Kier molecular flexibility index (Phi) is 7.59. The Bertz CT molecular complexity index is 318. The van der Waals surface area contributed by atoms with Crippen molar-refractivity contribution in [2.24, 2.45) is 5.92 Å². The highest BCUT2D eigenvalue weighted by Crippen LogP contribution is 2.12. The van der Waals surface area contributed by atoms with E-state index in [4.69, 9.17) is 4.74 Å². The van der Waals surface area contributed by atoms with E-state index in [1.54, 1.807) is 7.11 Å². The predicted molar refractivity (Wildman–Crippen MR) is 78.3 cm³/mol. The molecular formula is C15H28N2O3. The fraction of sp³-hybridized carbons (Fsp3) is 0.867. The van der Waals surface area contributed by atoms with Gasteiger partial charge in [-0.25, -0.2) is 0 Å². The van der Waals surface area contributed by atoms with Gasteiger partial charge in [0, 0.05) is 33.2 Å². The van der Waals surface area contributed by atoms with Gasteiger partial charge < -0.3 is 15.0 Å². The van der Waals surface area contributed by atoms with E-state index in [1.807, 2.05) is 4.90 Å². The van der Waals surface area contributed by atoms with Crippen LogP contribution in [0.4, 0.5) is 0 Å². The molecule has 20 heavy (non-hydrogen) atoms. The van der Waals surface area contributed by atoms with Gasteiger partial charge >= 0.3 is 0 Å². The second-order valence-electron chi connectivity index (χ2n) is 5.88. The lowest BCUT2D eigenvalue weighted by Gasteiger charge is -2.25. The smallest absolute Gasteiger partial charge is 0.245 e. The number of nitrogens with one attached hydrogen (secondary N) is 1. The molecule has 2 amide bonds. The lowest BCUT2D eigenvalue weighted by Crippen LogP contribution is -2.45. The van der Waals surface area contributed by atoms with E-state index >= 15 is 0 Å². The fourth-order valence-electron chi connectivity index (χ4n) is 2.47. The number of hydrogen-bond acceptors (Lipinski definition) is 3. The van der Waals surface area contributed by atoms with Gasteiger partial charge in [-0.1, -0.05) is 13.8 Å². The van der Waals surface area contributed by atoms with Gasteiger partial charge in [-0.05, 0) is 31.6 Å². The average molecular weight is 284 g/mol. The van der Waals surface area contributed by atoms with Crippen LogP contribution >= 0.6 is 0 Å². The number of nitrogens with zero attached hydrogens (tertiary/aromatic N) is 1. The molecule has 116 valence electrons. The molecule has 0 spiro atoms. The molecule has 1 fully saturated rings. The third-order valence-corrected chi connectivity index (χ3v) is 3.54. The zero-order chi connectivity index (χ0) is 15.0. The number of rotatable bonds is 8. The summed E-state index contributed by atoms with van der Waals surface area (Å²) in [7, 11) is 1.70. The SMILES string of the molecule is COCCCCCN1CCC(=O)NC(CC(C)C)C1=O. The van der Waals surface area contributed by atoms with Crippen molar-refractivity contribution < 1.29 is 14.3 Å². The second kappa shape index (κ2) is 8.95. The van der Waals surface area contributed by atoms with Gasteiger partial charge in [-0.3, -0.25) is 9.59 Å². The number of carbonyl (C=O) groups is 2. The number of unbranched alkanes of at least 4 members (excludes halogenated alkanes) is 2. The molecule has 1 heterocycles. The Balaban J connectivity index is 2.47. The van der Waals surface area contributed by atoms with Crippen molar-refractivity contribution in [1.82, 2.24) is 10.2 Å². The molecule has 0 saturated carbocycles. The molecule has 1 atom stereocenters. The van der Waals surface area contributed by atoms with Crippen LogP contribution in [0.25, 0.3) is 0 Å². The molecule has 1 aliphatic rings. The number of carbonyl (C=O) groups excluding carboxylic acids is 2. The van der Waals surface area contributed by atoms with Gasteiger partial charge in [0.15, 0.2) is 0 Å². The molecule has 1 aliphatic heterocycles. The van der Waals surface area contributed by atoms with E-state index in [9.17, 15) is 9.59 Å². The molecule has 5 nitrogen and oxygen atoms in total. The highest BCUT2D eigenvalue weighted by Gasteiger charge is 2.29. The maximum atomic E-state index is 12.4. The van der Waals surface area contributed by atoms with Gasteiger partial charge in [0.1, 0.15) is 6.04 Å². The summed E-state index contributed by atoms with van der Waals surface area (Å²) in [5.41, 5.74) is 0. The largest absolute Gasteiger partial charge is 0.385 e. The van der Waals surface area contributed by atoms with Crippen LogP contribution in [0.1, 0.15) is 46.0 Å². The first-order valence-corrected chi connectivity index (χ1v) is 7.61. The molecule has 0 aliphatic carbocycles. The minimum absolute atomic E-state index is 0.00844. The van der Waals surface area contributed by atoms with Gasteiger partial charge in [0.05, 0.1) is 0 Å². The maximum absolute atomic E-state index is 12.4. The van der Waals surface area contributed by atoms with Gasteiger partial charge in [0.25, 0.3) is 0 Å². The van der Waals surface area contributed by atoms with E-state index in [1.165, 1.54) is 0 Å². The Labute approximate surface area is 122 Å². The summed E-state index contributed by atoms with van der Waals surface area (Å²) in [5, 5.41) is 2.85. The third-order valence-electron chi connectivity index (χ3n) is 3.54. The highest BCUT2D eigenvalue weighted by atomic mass is 16.5. The lowest BCUT2D eigenvalue weighted by molar-refractivity contribution is -0.134. The molecule has 0 aromatic rings. The average Bonchev–Trinajstić information content (AvgIpc) is 2.51. The number of methoxy groups -OCH3 is 1. The Morgan fingerprint density at radius 2 is 2.05 bits per heavy atom. The summed E-state index contributed by atoms with van der Waals surface area (Å²) in [6, 6.07) is -0.344. The molecule has 1 unspecified atom stereocenters. The third kappa shape index (κ3) is 5.90. The van der Waals surface area contributed by atoms with Crippen molar-refractivity contribution >= 4 is 11.8 Å². The van der Waals surface area contributed by atoms with E-state index < -0.39 is 0 Å². The normalized spacial score (nSPS) is 20.2. The second-order valence-corrected chi connectivity index (χ2v) is 5.88. The van der Waals surface area contributed by atoms with Gasteiger partial charge in [-0.2, -0.15) is 0 Å². The van der Waals surface area contributed by atoms with Crippen LogP contribution in [0.2, 0.25) is 0 Å². The molecule has 0 bridgehead atoms. The Hall–Kier alpha value is -1.10. The van der Waals surface area contributed by atoms with Crippen LogP contribution in [0.3, 0.4) is 0 Å². The minimum Gasteiger partial charge on any atom is -0.385 e.